The van der Waals surface area contributed by atoms with Crippen molar-refractivity contribution in [2.24, 2.45) is 17.0 Å². The van der Waals surface area contributed by atoms with Gasteiger partial charge in [0, 0.05) is 6.54 Å². The van der Waals surface area contributed by atoms with Crippen LogP contribution in [0.25, 0.3) is 0 Å². The third-order valence-electron chi connectivity index (χ3n) is 5.52. The van der Waals surface area contributed by atoms with Crippen molar-refractivity contribution in [3.05, 3.63) is 71.8 Å². The fraction of sp³-hybridized carbons (Fsp3) is 0.300. The Morgan fingerprint density at radius 2 is 1.75 bits per heavy atom. The molecule has 5 rings (SSSR count). The van der Waals surface area contributed by atoms with Crippen LogP contribution in [0.3, 0.4) is 0 Å². The quantitative estimate of drug-likeness (QED) is 0.873. The van der Waals surface area contributed by atoms with Gasteiger partial charge in [0.05, 0.1) is 23.6 Å². The van der Waals surface area contributed by atoms with Crippen LogP contribution >= 0.6 is 0 Å². The van der Waals surface area contributed by atoms with Gasteiger partial charge in [-0.2, -0.15) is 0 Å². The number of hydrogen-bond acceptors (Lipinski definition) is 3. The minimum absolute atomic E-state index is 0.00479. The van der Waals surface area contributed by atoms with Crippen LogP contribution in [0.1, 0.15) is 17.5 Å². The first-order chi connectivity index (χ1) is 11.8. The van der Waals surface area contributed by atoms with Gasteiger partial charge >= 0.3 is 0 Å². The molecule has 2 heterocycles. The number of nitrogens with zero attached hydrogens (tertiary/aromatic N) is 2. The minimum Gasteiger partial charge on any atom is -0.389 e. The predicted octanol–water partition coefficient (Wildman–Crippen LogP) is 2.84. The summed E-state index contributed by atoms with van der Waals surface area (Å²) in [5, 5.41) is 4.35. The van der Waals surface area contributed by atoms with Crippen LogP contribution < -0.4 is 0 Å². The van der Waals surface area contributed by atoms with Gasteiger partial charge < -0.3 is 9.74 Å². The summed E-state index contributed by atoms with van der Waals surface area (Å²) in [4.78, 5) is 20.7. The Labute approximate surface area is 140 Å². The summed E-state index contributed by atoms with van der Waals surface area (Å²) in [6, 6.07) is 20.4. The van der Waals surface area contributed by atoms with Crippen molar-refractivity contribution in [3.8, 4) is 0 Å². The van der Waals surface area contributed by atoms with Crippen molar-refractivity contribution >= 4 is 11.6 Å². The molecule has 0 N–H and O–H groups in total. The van der Waals surface area contributed by atoms with Crippen LogP contribution in [0, 0.1) is 11.8 Å². The zero-order valence-electron chi connectivity index (χ0n) is 13.2. The molecule has 2 aromatic rings. The summed E-state index contributed by atoms with van der Waals surface area (Å²) in [6.45, 7) is 0.661. The van der Waals surface area contributed by atoms with E-state index < -0.39 is 0 Å². The lowest BCUT2D eigenvalue weighted by Crippen LogP contribution is -2.49. The van der Waals surface area contributed by atoms with E-state index in [9.17, 15) is 4.79 Å². The molecule has 2 aromatic carbocycles. The summed E-state index contributed by atoms with van der Waals surface area (Å²) in [5.41, 5.74) is 3.18. The second-order valence-electron chi connectivity index (χ2n) is 6.80. The number of likely N-dealkylation sites (tertiary alicyclic amines) is 1. The summed E-state index contributed by atoms with van der Waals surface area (Å²) >= 11 is 0. The average molecular weight is 318 g/mol. The maximum Gasteiger partial charge on any atom is 0.227 e. The highest BCUT2D eigenvalue weighted by Gasteiger charge is 2.62. The second kappa shape index (κ2) is 5.20. The van der Waals surface area contributed by atoms with E-state index >= 15 is 0 Å². The van der Waals surface area contributed by atoms with Crippen LogP contribution in [0.5, 0.6) is 0 Å². The highest BCUT2D eigenvalue weighted by atomic mass is 16.6. The van der Waals surface area contributed by atoms with Gasteiger partial charge in [-0.05, 0) is 17.5 Å². The molecule has 4 atom stereocenters. The number of oxime groups is 1. The lowest BCUT2D eigenvalue weighted by Gasteiger charge is -2.33. The first kappa shape index (κ1) is 13.8. The molecule has 2 fully saturated rings. The van der Waals surface area contributed by atoms with E-state index in [1.807, 2.05) is 53.4 Å². The van der Waals surface area contributed by atoms with Gasteiger partial charge in [0.15, 0.2) is 6.10 Å². The molecular formula is C20H18N2O2. The molecule has 24 heavy (non-hydrogen) atoms. The molecule has 4 unspecified atom stereocenters. The molecule has 4 heteroatoms. The van der Waals surface area contributed by atoms with Gasteiger partial charge in [-0.3, -0.25) is 4.79 Å². The van der Waals surface area contributed by atoms with Crippen LogP contribution in [-0.4, -0.2) is 28.7 Å². The number of benzene rings is 2. The first-order valence-electron chi connectivity index (χ1n) is 8.46. The second-order valence-corrected chi connectivity index (χ2v) is 6.80. The Morgan fingerprint density at radius 3 is 2.50 bits per heavy atom. The number of piperidine rings is 1. The Balaban J connectivity index is 1.41. The van der Waals surface area contributed by atoms with Gasteiger partial charge in [-0.1, -0.05) is 65.8 Å². The highest BCUT2D eigenvalue weighted by Crippen LogP contribution is 2.49. The zero-order chi connectivity index (χ0) is 16.1. The number of hydrogen-bond donors (Lipinski definition) is 0. The average Bonchev–Trinajstić information content (AvgIpc) is 3.29. The Hall–Kier alpha value is -2.62. The predicted molar refractivity (Wildman–Crippen MR) is 90.2 cm³/mol. The normalized spacial score (nSPS) is 30.2. The topological polar surface area (TPSA) is 41.9 Å². The molecule has 3 aliphatic rings. The van der Waals surface area contributed by atoms with Crippen molar-refractivity contribution < 1.29 is 9.63 Å². The van der Waals surface area contributed by atoms with Crippen molar-refractivity contribution in [2.75, 3.05) is 0 Å². The molecule has 0 radical (unpaired) electrons. The summed E-state index contributed by atoms with van der Waals surface area (Å²) in [5.74, 6) is 0.362. The Bertz CT molecular complexity index is 803. The lowest BCUT2D eigenvalue weighted by atomic mass is 9.84. The molecule has 1 amide bonds. The van der Waals surface area contributed by atoms with Gasteiger partial charge in [0.25, 0.3) is 0 Å². The number of rotatable bonds is 3. The van der Waals surface area contributed by atoms with E-state index in [1.54, 1.807) is 0 Å². The maximum absolute atomic E-state index is 12.9. The fourth-order valence-electron chi connectivity index (χ4n) is 4.43. The molecule has 1 saturated carbocycles. The molecule has 4 nitrogen and oxygen atoms in total. The van der Waals surface area contributed by atoms with E-state index in [0.717, 1.165) is 23.3 Å². The molecule has 1 saturated heterocycles. The number of carbonyl (C=O) groups is 1. The van der Waals surface area contributed by atoms with E-state index in [-0.39, 0.29) is 29.9 Å². The highest BCUT2D eigenvalue weighted by molar-refractivity contribution is 6.06. The summed E-state index contributed by atoms with van der Waals surface area (Å²) in [6.07, 6.45) is 0.888. The Kier molecular flexibility index (Phi) is 2.98. The van der Waals surface area contributed by atoms with E-state index in [2.05, 4.69) is 17.3 Å². The zero-order valence-corrected chi connectivity index (χ0v) is 13.2. The number of amides is 1. The van der Waals surface area contributed by atoms with Crippen LogP contribution in [0.4, 0.5) is 0 Å². The van der Waals surface area contributed by atoms with Crippen molar-refractivity contribution in [2.45, 2.75) is 25.1 Å². The fourth-order valence-corrected chi connectivity index (χ4v) is 4.43. The maximum atomic E-state index is 12.9. The molecule has 1 aliphatic carbocycles. The van der Waals surface area contributed by atoms with Crippen molar-refractivity contribution in [3.63, 3.8) is 0 Å². The minimum atomic E-state index is 0.00479. The molecule has 2 aliphatic heterocycles. The largest absolute Gasteiger partial charge is 0.389 e. The van der Waals surface area contributed by atoms with Crippen molar-refractivity contribution in [1.82, 2.24) is 4.90 Å². The third-order valence-corrected chi connectivity index (χ3v) is 5.52. The van der Waals surface area contributed by atoms with Gasteiger partial charge in [0.2, 0.25) is 5.91 Å². The van der Waals surface area contributed by atoms with E-state index in [0.29, 0.717) is 6.54 Å². The van der Waals surface area contributed by atoms with E-state index in [1.165, 1.54) is 0 Å². The van der Waals surface area contributed by atoms with Crippen LogP contribution in [-0.2, 0) is 16.2 Å². The van der Waals surface area contributed by atoms with Gasteiger partial charge in [-0.25, -0.2) is 0 Å². The number of carbonyl (C=O) groups excluding carboxylic acids is 1. The smallest absolute Gasteiger partial charge is 0.227 e. The molecule has 120 valence electrons. The molecule has 0 spiro atoms. The van der Waals surface area contributed by atoms with Gasteiger partial charge in [-0.15, -0.1) is 0 Å². The van der Waals surface area contributed by atoms with Crippen molar-refractivity contribution in [1.29, 1.82) is 0 Å². The molecule has 2 bridgehead atoms. The SMILES string of the molecule is O=C1C2CC(C3ON=C(c4ccccc4)C23)N1Cc1ccccc1. The molecular weight excluding hydrogens is 300 g/mol. The Morgan fingerprint density at radius 1 is 1.04 bits per heavy atom. The molecule has 0 aromatic heterocycles. The summed E-state index contributed by atoms with van der Waals surface area (Å²) < 4.78 is 0. The van der Waals surface area contributed by atoms with Gasteiger partial charge in [0.1, 0.15) is 0 Å². The lowest BCUT2D eigenvalue weighted by molar-refractivity contribution is -0.140. The third kappa shape index (κ3) is 1.92. The van der Waals surface area contributed by atoms with Crippen LogP contribution in [0.2, 0.25) is 0 Å². The van der Waals surface area contributed by atoms with E-state index in [4.69, 9.17) is 4.84 Å². The van der Waals surface area contributed by atoms with Crippen LogP contribution in [0.15, 0.2) is 65.8 Å². The monoisotopic (exact) mass is 318 g/mol. The summed E-state index contributed by atoms with van der Waals surface area (Å²) in [7, 11) is 0. The first-order valence-corrected chi connectivity index (χ1v) is 8.46. The number of fused-ring (bicyclic) bond motifs is 5. The standard InChI is InChI=1S/C20H18N2O2/c23-20-15-11-16(22(20)12-13-7-3-1-4-8-13)19-17(15)18(21-24-19)14-9-5-2-6-10-14/h1-10,15-17,19H,11-12H2.